The van der Waals surface area contributed by atoms with Gasteiger partial charge >= 0.3 is 0 Å². The van der Waals surface area contributed by atoms with E-state index in [1.54, 1.807) is 14.2 Å². The van der Waals surface area contributed by atoms with Gasteiger partial charge in [0.2, 0.25) is 5.91 Å². The molecule has 1 heterocycles. The Hall–Kier alpha value is -3.22. The average molecular weight is 465 g/mol. The smallest absolute Gasteiger partial charge is 0.229 e. The number of likely N-dealkylation sites (tertiary alicyclic amines) is 1. The number of aliphatic hydroxyl groups is 1. The molecule has 1 aliphatic carbocycles. The molecule has 0 spiro atoms. The molecule has 8 heteroatoms. The summed E-state index contributed by atoms with van der Waals surface area (Å²) in [4.78, 5) is 18.4. The van der Waals surface area contributed by atoms with Gasteiger partial charge in [-0.2, -0.15) is 0 Å². The number of methoxy groups -OCH3 is 2. The highest BCUT2D eigenvalue weighted by Gasteiger charge is 2.54. The monoisotopic (exact) mass is 464 g/mol. The first-order valence-corrected chi connectivity index (χ1v) is 11.7. The summed E-state index contributed by atoms with van der Waals surface area (Å²) in [6.45, 7) is 3.25. The fourth-order valence-corrected chi connectivity index (χ4v) is 5.97. The molecule has 5 atom stereocenters. The molecule has 4 rings (SSSR count). The molecule has 8 nitrogen and oxygen atoms in total. The van der Waals surface area contributed by atoms with Crippen molar-refractivity contribution in [2.75, 3.05) is 33.9 Å². The van der Waals surface area contributed by atoms with Crippen LogP contribution in [-0.2, 0) is 10.4 Å². The summed E-state index contributed by atoms with van der Waals surface area (Å²) in [5.41, 5.74) is 9.25. The number of azide groups is 1. The van der Waals surface area contributed by atoms with Crippen LogP contribution in [-0.4, -0.2) is 49.8 Å². The third-order valence-electron chi connectivity index (χ3n) is 7.55. The van der Waals surface area contributed by atoms with Gasteiger partial charge in [0.15, 0.2) is 0 Å². The summed E-state index contributed by atoms with van der Waals surface area (Å²) in [7, 11) is 3.21. The number of carbonyl (C=O) groups is 1. The second-order valence-corrected chi connectivity index (χ2v) is 9.42. The Bertz CT molecular complexity index is 1090. The zero-order valence-electron chi connectivity index (χ0n) is 19.9. The third-order valence-corrected chi connectivity index (χ3v) is 7.55. The second kappa shape index (κ2) is 9.95. The highest BCUT2D eigenvalue weighted by molar-refractivity contribution is 5.84. The highest BCUT2D eigenvalue weighted by atomic mass is 16.5. The summed E-state index contributed by atoms with van der Waals surface area (Å²) in [6.07, 6.45) is 1.26. The number of nitrogens with zero attached hydrogens (tertiary/aromatic N) is 4. The molecule has 1 amide bonds. The minimum absolute atomic E-state index is 0.0212. The Morgan fingerprint density at radius 2 is 1.85 bits per heavy atom. The molecule has 2 aliphatic rings. The molecular formula is C26H32N4O4. The summed E-state index contributed by atoms with van der Waals surface area (Å²) in [5.74, 6) is 0.952. The van der Waals surface area contributed by atoms with E-state index in [1.807, 2.05) is 60.4 Å². The summed E-state index contributed by atoms with van der Waals surface area (Å²) in [5, 5.41) is 16.0. The Labute approximate surface area is 200 Å². The van der Waals surface area contributed by atoms with Crippen LogP contribution in [0.5, 0.6) is 11.5 Å². The molecule has 0 aromatic heterocycles. The van der Waals surface area contributed by atoms with E-state index in [2.05, 4.69) is 10.0 Å². The lowest BCUT2D eigenvalue weighted by Gasteiger charge is -2.45. The van der Waals surface area contributed by atoms with Crippen LogP contribution >= 0.6 is 0 Å². The number of carbonyl (C=O) groups excluding carboxylic acids is 1. The molecule has 34 heavy (non-hydrogen) atoms. The number of ether oxygens (including phenoxy) is 2. The van der Waals surface area contributed by atoms with Crippen LogP contribution in [0.2, 0.25) is 0 Å². The number of hydrogen-bond donors (Lipinski definition) is 1. The largest absolute Gasteiger partial charge is 0.496 e. The van der Waals surface area contributed by atoms with E-state index >= 15 is 0 Å². The van der Waals surface area contributed by atoms with E-state index in [-0.39, 0.29) is 29.6 Å². The van der Waals surface area contributed by atoms with Gasteiger partial charge in [0, 0.05) is 41.6 Å². The Balaban J connectivity index is 1.65. The van der Waals surface area contributed by atoms with Crippen molar-refractivity contribution in [3.8, 4) is 11.5 Å². The predicted octanol–water partition coefficient (Wildman–Crippen LogP) is 4.49. The van der Waals surface area contributed by atoms with Gasteiger partial charge in [-0.1, -0.05) is 41.5 Å². The molecule has 1 N–H and O–H groups in total. The van der Waals surface area contributed by atoms with Crippen LogP contribution in [0.15, 0.2) is 53.6 Å². The maximum absolute atomic E-state index is 13.6. The Kier molecular flexibility index (Phi) is 7.00. The molecule has 1 saturated heterocycles. The van der Waals surface area contributed by atoms with E-state index in [0.29, 0.717) is 37.6 Å². The van der Waals surface area contributed by atoms with Crippen LogP contribution in [0, 0.1) is 17.8 Å². The van der Waals surface area contributed by atoms with Crippen molar-refractivity contribution in [3.05, 3.63) is 70.1 Å². The zero-order valence-corrected chi connectivity index (χ0v) is 19.9. The number of para-hydroxylation sites is 2. The number of hydrogen-bond acceptors (Lipinski definition) is 5. The maximum Gasteiger partial charge on any atom is 0.229 e. The standard InChI is InChI=1S/C26H32N4O4/c1-17(20-8-4-6-10-23(20)33-2)25(31)30-15-19-12-18(14-28-29-27)13-26(32,22(19)16-30)21-9-5-7-11-24(21)34-3/h4-11,17-19,22,32H,12-16H2,1-3H3/t17-,18+,19-,22+,26+/m0/s1. The van der Waals surface area contributed by atoms with Crippen molar-refractivity contribution >= 4 is 5.91 Å². The Morgan fingerprint density at radius 3 is 2.56 bits per heavy atom. The lowest BCUT2D eigenvalue weighted by Crippen LogP contribution is -2.46. The minimum atomic E-state index is -1.19. The second-order valence-electron chi connectivity index (χ2n) is 9.42. The summed E-state index contributed by atoms with van der Waals surface area (Å²) in [6, 6.07) is 15.1. The van der Waals surface area contributed by atoms with Crippen molar-refractivity contribution in [2.45, 2.75) is 31.3 Å². The van der Waals surface area contributed by atoms with Crippen molar-refractivity contribution in [3.63, 3.8) is 0 Å². The predicted molar refractivity (Wildman–Crippen MR) is 129 cm³/mol. The fourth-order valence-electron chi connectivity index (χ4n) is 5.97. The normalized spacial score (nSPS) is 26.8. The number of amides is 1. The molecule has 2 fully saturated rings. The third kappa shape index (κ3) is 4.31. The zero-order chi connectivity index (χ0) is 24.3. The molecule has 1 aliphatic heterocycles. The van der Waals surface area contributed by atoms with E-state index in [4.69, 9.17) is 15.0 Å². The molecule has 180 valence electrons. The van der Waals surface area contributed by atoms with Gasteiger partial charge in [-0.15, -0.1) is 0 Å². The first-order chi connectivity index (χ1) is 16.4. The first kappa shape index (κ1) is 23.9. The van der Waals surface area contributed by atoms with Gasteiger partial charge in [-0.05, 0) is 49.3 Å². The molecular weight excluding hydrogens is 432 g/mol. The van der Waals surface area contributed by atoms with E-state index in [0.717, 1.165) is 17.5 Å². The minimum Gasteiger partial charge on any atom is -0.496 e. The van der Waals surface area contributed by atoms with Crippen LogP contribution in [0.25, 0.3) is 10.4 Å². The SMILES string of the molecule is COc1ccccc1[C@H](C)C(=O)N1C[C@@H]2C[C@@H](CN=[N+]=[N-])C[C@@](O)(c3ccccc3OC)[C@@H]2C1. The van der Waals surface area contributed by atoms with Gasteiger partial charge in [0.25, 0.3) is 0 Å². The molecule has 0 unspecified atom stereocenters. The molecule has 0 bridgehead atoms. The number of rotatable bonds is 7. The highest BCUT2D eigenvalue weighted by Crippen LogP contribution is 2.52. The van der Waals surface area contributed by atoms with Crippen molar-refractivity contribution in [1.82, 2.24) is 4.90 Å². The first-order valence-electron chi connectivity index (χ1n) is 11.7. The fraction of sp³-hybridized carbons (Fsp3) is 0.500. The van der Waals surface area contributed by atoms with Gasteiger partial charge in [-0.25, -0.2) is 0 Å². The summed E-state index contributed by atoms with van der Waals surface area (Å²) < 4.78 is 11.1. The lowest BCUT2D eigenvalue weighted by atomic mass is 9.63. The van der Waals surface area contributed by atoms with Gasteiger partial charge < -0.3 is 19.5 Å². The van der Waals surface area contributed by atoms with Crippen molar-refractivity contribution in [1.29, 1.82) is 0 Å². The maximum atomic E-state index is 13.6. The Morgan fingerprint density at radius 1 is 1.18 bits per heavy atom. The van der Waals surface area contributed by atoms with Gasteiger partial charge in [-0.3, -0.25) is 4.79 Å². The molecule has 2 aromatic carbocycles. The topological polar surface area (TPSA) is 108 Å². The molecule has 1 saturated carbocycles. The van der Waals surface area contributed by atoms with Crippen LogP contribution in [0.4, 0.5) is 0 Å². The van der Waals surface area contributed by atoms with Crippen LogP contribution < -0.4 is 9.47 Å². The molecule has 2 aromatic rings. The van der Waals surface area contributed by atoms with E-state index < -0.39 is 5.60 Å². The van der Waals surface area contributed by atoms with E-state index in [9.17, 15) is 9.90 Å². The van der Waals surface area contributed by atoms with Crippen molar-refractivity contribution in [2.24, 2.45) is 22.9 Å². The van der Waals surface area contributed by atoms with Crippen molar-refractivity contribution < 1.29 is 19.4 Å². The summed E-state index contributed by atoms with van der Waals surface area (Å²) >= 11 is 0. The quantitative estimate of drug-likeness (QED) is 0.370. The van der Waals surface area contributed by atoms with E-state index in [1.165, 1.54) is 0 Å². The number of fused-ring (bicyclic) bond motifs is 1. The van der Waals surface area contributed by atoms with Crippen LogP contribution in [0.3, 0.4) is 0 Å². The molecule has 0 radical (unpaired) electrons. The van der Waals surface area contributed by atoms with Gasteiger partial charge in [0.05, 0.1) is 25.7 Å². The van der Waals surface area contributed by atoms with Gasteiger partial charge in [0.1, 0.15) is 11.5 Å². The number of benzene rings is 2. The van der Waals surface area contributed by atoms with Crippen LogP contribution in [0.1, 0.15) is 36.8 Å². The lowest BCUT2D eigenvalue weighted by molar-refractivity contribution is -0.132. The average Bonchev–Trinajstić information content (AvgIpc) is 3.31.